The second-order valence-electron chi connectivity index (χ2n) is 5.77. The van der Waals surface area contributed by atoms with Crippen molar-refractivity contribution in [2.24, 2.45) is 0 Å². The molecule has 2 aromatic carbocycles. The molecule has 0 radical (unpaired) electrons. The first-order valence-corrected chi connectivity index (χ1v) is 7.91. The lowest BCUT2D eigenvalue weighted by molar-refractivity contribution is -0.274. The Balaban J connectivity index is 1.71. The number of benzene rings is 2. The van der Waals surface area contributed by atoms with Crippen molar-refractivity contribution in [3.8, 4) is 17.2 Å². The lowest BCUT2D eigenvalue weighted by atomic mass is 9.99. The third-order valence-electron chi connectivity index (χ3n) is 3.97. The van der Waals surface area contributed by atoms with Crippen LogP contribution in [-0.2, 0) is 17.8 Å². The van der Waals surface area contributed by atoms with Gasteiger partial charge in [-0.2, -0.15) is 0 Å². The van der Waals surface area contributed by atoms with Gasteiger partial charge in [0, 0.05) is 13.1 Å². The van der Waals surface area contributed by atoms with Crippen LogP contribution in [0.3, 0.4) is 0 Å². The molecule has 136 valence electrons. The fourth-order valence-corrected chi connectivity index (χ4v) is 2.76. The highest BCUT2D eigenvalue weighted by atomic mass is 19.4. The number of fused-ring (bicyclic) bond motifs is 1. The van der Waals surface area contributed by atoms with Crippen LogP contribution in [0, 0.1) is 0 Å². The Morgan fingerprint density at radius 2 is 1.69 bits per heavy atom. The Morgan fingerprint density at radius 1 is 1.04 bits per heavy atom. The van der Waals surface area contributed by atoms with Crippen LogP contribution in [0.4, 0.5) is 13.2 Å². The lowest BCUT2D eigenvalue weighted by Crippen LogP contribution is -2.34. The van der Waals surface area contributed by atoms with Crippen molar-refractivity contribution in [1.29, 1.82) is 0 Å². The molecule has 4 nitrogen and oxygen atoms in total. The van der Waals surface area contributed by atoms with Gasteiger partial charge >= 0.3 is 6.36 Å². The first-order valence-electron chi connectivity index (χ1n) is 7.91. The summed E-state index contributed by atoms with van der Waals surface area (Å²) in [6.45, 7) is 4.60. The zero-order valence-corrected chi connectivity index (χ0v) is 13.8. The zero-order valence-electron chi connectivity index (χ0n) is 13.8. The minimum absolute atomic E-state index is 0.123. The minimum Gasteiger partial charge on any atom is -0.457 e. The Bertz CT molecular complexity index is 816. The quantitative estimate of drug-likeness (QED) is 0.754. The monoisotopic (exact) mass is 363 g/mol. The van der Waals surface area contributed by atoms with Crippen molar-refractivity contribution in [3.05, 3.63) is 66.2 Å². The summed E-state index contributed by atoms with van der Waals surface area (Å²) in [4.78, 5) is 13.5. The number of hydrogen-bond donors (Lipinski definition) is 0. The summed E-state index contributed by atoms with van der Waals surface area (Å²) in [5.41, 5.74) is 2.11. The van der Waals surface area contributed by atoms with E-state index in [1.54, 1.807) is 11.0 Å². The van der Waals surface area contributed by atoms with E-state index in [2.05, 4.69) is 11.3 Å². The topological polar surface area (TPSA) is 38.8 Å². The van der Waals surface area contributed by atoms with E-state index in [0.717, 1.165) is 17.5 Å². The predicted octanol–water partition coefficient (Wildman–Crippen LogP) is 4.45. The molecule has 1 aliphatic rings. The summed E-state index contributed by atoms with van der Waals surface area (Å²) >= 11 is 0. The van der Waals surface area contributed by atoms with E-state index in [1.807, 2.05) is 12.1 Å². The lowest BCUT2D eigenvalue weighted by Gasteiger charge is -2.28. The number of hydrogen-bond acceptors (Lipinski definition) is 3. The molecule has 0 fully saturated rings. The number of nitrogens with zero attached hydrogens (tertiary/aromatic N) is 1. The minimum atomic E-state index is -4.73. The van der Waals surface area contributed by atoms with Crippen LogP contribution in [0.1, 0.15) is 11.1 Å². The molecule has 0 N–H and O–H groups in total. The second kappa shape index (κ2) is 7.11. The summed E-state index contributed by atoms with van der Waals surface area (Å²) in [5.74, 6) is 0.492. The van der Waals surface area contributed by atoms with Crippen LogP contribution in [0.2, 0.25) is 0 Å². The smallest absolute Gasteiger partial charge is 0.457 e. The number of halogens is 3. The zero-order chi connectivity index (χ0) is 18.7. The maximum Gasteiger partial charge on any atom is 0.573 e. The predicted molar refractivity (Wildman–Crippen MR) is 89.0 cm³/mol. The van der Waals surface area contributed by atoms with E-state index in [0.29, 0.717) is 24.6 Å². The fraction of sp³-hybridized carbons (Fsp3) is 0.211. The van der Waals surface area contributed by atoms with E-state index in [1.165, 1.54) is 30.3 Å². The van der Waals surface area contributed by atoms with E-state index < -0.39 is 6.36 Å². The van der Waals surface area contributed by atoms with Crippen LogP contribution < -0.4 is 9.47 Å². The first-order chi connectivity index (χ1) is 12.3. The maximum absolute atomic E-state index is 12.2. The van der Waals surface area contributed by atoms with Gasteiger partial charge in [-0.05, 0) is 60.0 Å². The van der Waals surface area contributed by atoms with Crippen molar-refractivity contribution in [1.82, 2.24) is 4.90 Å². The standard InChI is InChI=1S/C19H16F3NO3/c1-2-18(24)23-10-9-13-3-4-17(11-14(13)12-23)25-15-5-7-16(8-6-15)26-19(20,21)22/h2-8,11H,1,9-10,12H2. The molecular weight excluding hydrogens is 347 g/mol. The Morgan fingerprint density at radius 3 is 2.35 bits per heavy atom. The van der Waals surface area contributed by atoms with Gasteiger partial charge in [0.2, 0.25) is 5.91 Å². The summed E-state index contributed by atoms with van der Waals surface area (Å²) in [6, 6.07) is 10.7. The second-order valence-corrected chi connectivity index (χ2v) is 5.77. The molecule has 0 aromatic heterocycles. The molecule has 7 heteroatoms. The molecule has 0 atom stereocenters. The summed E-state index contributed by atoms with van der Waals surface area (Å²) < 4.78 is 46.0. The number of ether oxygens (including phenoxy) is 2. The average Bonchev–Trinajstić information content (AvgIpc) is 2.61. The first kappa shape index (κ1) is 17.8. The fourth-order valence-electron chi connectivity index (χ4n) is 2.76. The van der Waals surface area contributed by atoms with Gasteiger partial charge in [0.05, 0.1) is 0 Å². The SMILES string of the molecule is C=CC(=O)N1CCc2ccc(Oc3ccc(OC(F)(F)F)cc3)cc2C1. The summed E-state index contributed by atoms with van der Waals surface area (Å²) in [6.07, 6.45) is -2.69. The van der Waals surface area contributed by atoms with Crippen molar-refractivity contribution in [3.63, 3.8) is 0 Å². The van der Waals surface area contributed by atoms with Gasteiger partial charge in [0.1, 0.15) is 17.2 Å². The van der Waals surface area contributed by atoms with Gasteiger partial charge < -0.3 is 14.4 Å². The van der Waals surface area contributed by atoms with Gasteiger partial charge in [-0.15, -0.1) is 13.2 Å². The molecule has 3 rings (SSSR count). The number of amides is 1. The maximum atomic E-state index is 12.2. The molecule has 2 aromatic rings. The van der Waals surface area contributed by atoms with E-state index in [-0.39, 0.29) is 11.7 Å². The van der Waals surface area contributed by atoms with Gasteiger partial charge in [-0.25, -0.2) is 0 Å². The number of carbonyl (C=O) groups excluding carboxylic acids is 1. The third-order valence-corrected chi connectivity index (χ3v) is 3.97. The van der Waals surface area contributed by atoms with Crippen LogP contribution in [0.25, 0.3) is 0 Å². The van der Waals surface area contributed by atoms with E-state index in [9.17, 15) is 18.0 Å². The average molecular weight is 363 g/mol. The van der Waals surface area contributed by atoms with Crippen molar-refractivity contribution in [2.45, 2.75) is 19.3 Å². The van der Waals surface area contributed by atoms with Gasteiger partial charge in [0.25, 0.3) is 0 Å². The van der Waals surface area contributed by atoms with Gasteiger partial charge in [0.15, 0.2) is 0 Å². The van der Waals surface area contributed by atoms with Crippen LogP contribution in [0.5, 0.6) is 17.2 Å². The van der Waals surface area contributed by atoms with E-state index in [4.69, 9.17) is 4.74 Å². The molecular formula is C19H16F3NO3. The molecule has 0 spiro atoms. The van der Waals surface area contributed by atoms with Crippen LogP contribution >= 0.6 is 0 Å². The molecule has 1 aliphatic heterocycles. The highest BCUT2D eigenvalue weighted by Gasteiger charge is 2.31. The van der Waals surface area contributed by atoms with Crippen LogP contribution in [-0.4, -0.2) is 23.7 Å². The highest BCUT2D eigenvalue weighted by molar-refractivity contribution is 5.87. The Labute approximate surface area is 148 Å². The Kier molecular flexibility index (Phi) is 4.88. The molecule has 1 heterocycles. The Hall–Kier alpha value is -2.96. The molecule has 0 unspecified atom stereocenters. The summed E-state index contributed by atoms with van der Waals surface area (Å²) in [5, 5.41) is 0. The molecule has 0 bridgehead atoms. The molecule has 0 saturated carbocycles. The van der Waals surface area contributed by atoms with Gasteiger partial charge in [-0.3, -0.25) is 4.79 Å². The summed E-state index contributed by atoms with van der Waals surface area (Å²) in [7, 11) is 0. The van der Waals surface area contributed by atoms with E-state index >= 15 is 0 Å². The highest BCUT2D eigenvalue weighted by Crippen LogP contribution is 2.29. The number of carbonyl (C=O) groups is 1. The number of alkyl halides is 3. The molecule has 26 heavy (non-hydrogen) atoms. The molecule has 0 aliphatic carbocycles. The normalized spacial score (nSPS) is 13.7. The van der Waals surface area contributed by atoms with Crippen molar-refractivity contribution in [2.75, 3.05) is 6.54 Å². The molecule has 1 amide bonds. The van der Waals surface area contributed by atoms with Crippen molar-refractivity contribution < 1.29 is 27.4 Å². The largest absolute Gasteiger partial charge is 0.573 e. The number of rotatable bonds is 4. The third kappa shape index (κ3) is 4.36. The van der Waals surface area contributed by atoms with Crippen molar-refractivity contribution >= 4 is 5.91 Å². The van der Waals surface area contributed by atoms with Crippen LogP contribution in [0.15, 0.2) is 55.1 Å². The van der Waals surface area contributed by atoms with Gasteiger partial charge in [-0.1, -0.05) is 12.6 Å². The molecule has 0 saturated heterocycles.